The lowest BCUT2D eigenvalue weighted by Gasteiger charge is -2.10. The first kappa shape index (κ1) is 14.5. The molecule has 1 heterocycles. The van der Waals surface area contributed by atoms with Crippen molar-refractivity contribution in [2.75, 3.05) is 5.73 Å². The Morgan fingerprint density at radius 1 is 1.29 bits per heavy atom. The number of nitro groups is 1. The number of nitrogen functional groups attached to an aromatic ring is 1. The van der Waals surface area contributed by atoms with E-state index in [1.165, 1.54) is 12.1 Å². The van der Waals surface area contributed by atoms with E-state index in [1.807, 2.05) is 0 Å². The Labute approximate surface area is 115 Å². The van der Waals surface area contributed by atoms with Crippen molar-refractivity contribution in [3.8, 4) is 17.0 Å². The van der Waals surface area contributed by atoms with Crippen LogP contribution in [0.3, 0.4) is 0 Å². The van der Waals surface area contributed by atoms with Gasteiger partial charge in [-0.15, -0.1) is 13.2 Å². The van der Waals surface area contributed by atoms with Crippen LogP contribution >= 0.6 is 0 Å². The number of nitrogens with zero attached hydrogens (tertiary/aromatic N) is 3. The van der Waals surface area contributed by atoms with Crippen LogP contribution in [0.15, 0.2) is 30.6 Å². The molecular weight excluding hydrogens is 293 g/mol. The van der Waals surface area contributed by atoms with E-state index in [2.05, 4.69) is 14.7 Å². The molecule has 21 heavy (non-hydrogen) atoms. The molecule has 0 unspecified atom stereocenters. The fourth-order valence-corrected chi connectivity index (χ4v) is 1.62. The summed E-state index contributed by atoms with van der Waals surface area (Å²) in [6.45, 7) is 0. The number of hydrogen-bond donors (Lipinski definition) is 1. The molecule has 0 atom stereocenters. The zero-order chi connectivity index (χ0) is 15.6. The van der Waals surface area contributed by atoms with Crippen LogP contribution in [-0.2, 0) is 0 Å². The van der Waals surface area contributed by atoms with Gasteiger partial charge in [-0.3, -0.25) is 10.1 Å². The van der Waals surface area contributed by atoms with Crippen LogP contribution in [0.5, 0.6) is 5.75 Å². The number of hydrogen-bond acceptors (Lipinski definition) is 6. The standard InChI is InChI=1S/C11H7F3N4O3/c12-11(13,14)21-7-3-1-2-6(4-7)8-9(18(19)20)10(15)17-5-16-8/h1-5H,(H2,15,16,17). The molecule has 7 nitrogen and oxygen atoms in total. The van der Waals surface area contributed by atoms with Crippen LogP contribution in [0.25, 0.3) is 11.3 Å². The molecule has 2 N–H and O–H groups in total. The highest BCUT2D eigenvalue weighted by Gasteiger charge is 2.31. The van der Waals surface area contributed by atoms with E-state index in [9.17, 15) is 23.3 Å². The quantitative estimate of drug-likeness (QED) is 0.690. The summed E-state index contributed by atoms with van der Waals surface area (Å²) in [4.78, 5) is 17.3. The summed E-state index contributed by atoms with van der Waals surface area (Å²) in [7, 11) is 0. The van der Waals surface area contributed by atoms with Crippen molar-refractivity contribution in [2.24, 2.45) is 0 Å². The van der Waals surface area contributed by atoms with Crippen molar-refractivity contribution in [1.82, 2.24) is 9.97 Å². The zero-order valence-corrected chi connectivity index (χ0v) is 10.2. The van der Waals surface area contributed by atoms with Gasteiger partial charge in [-0.25, -0.2) is 9.97 Å². The highest BCUT2D eigenvalue weighted by Crippen LogP contribution is 2.33. The van der Waals surface area contributed by atoms with E-state index in [0.717, 1.165) is 18.5 Å². The molecule has 1 aromatic heterocycles. The summed E-state index contributed by atoms with van der Waals surface area (Å²) >= 11 is 0. The van der Waals surface area contributed by atoms with E-state index >= 15 is 0 Å². The average molecular weight is 300 g/mol. The van der Waals surface area contributed by atoms with E-state index in [0.29, 0.717) is 0 Å². The fourth-order valence-electron chi connectivity index (χ4n) is 1.62. The van der Waals surface area contributed by atoms with Crippen molar-refractivity contribution in [3.05, 3.63) is 40.7 Å². The lowest BCUT2D eigenvalue weighted by atomic mass is 10.1. The molecule has 0 spiro atoms. The smallest absolute Gasteiger partial charge is 0.406 e. The molecule has 2 aromatic rings. The number of alkyl halides is 3. The van der Waals surface area contributed by atoms with Crippen LogP contribution in [0.1, 0.15) is 0 Å². The summed E-state index contributed by atoms with van der Waals surface area (Å²) < 4.78 is 40.3. The van der Waals surface area contributed by atoms with Gasteiger partial charge in [-0.2, -0.15) is 0 Å². The Kier molecular flexibility index (Phi) is 3.61. The van der Waals surface area contributed by atoms with Gasteiger partial charge in [0.1, 0.15) is 12.1 Å². The maximum absolute atomic E-state index is 12.2. The number of rotatable bonds is 3. The highest BCUT2D eigenvalue weighted by atomic mass is 19.4. The number of anilines is 1. The average Bonchev–Trinajstić information content (AvgIpc) is 2.36. The monoisotopic (exact) mass is 300 g/mol. The molecule has 10 heteroatoms. The number of halogens is 3. The van der Waals surface area contributed by atoms with Crippen LogP contribution in [-0.4, -0.2) is 21.3 Å². The second-order valence-corrected chi connectivity index (χ2v) is 3.79. The zero-order valence-electron chi connectivity index (χ0n) is 10.2. The van der Waals surface area contributed by atoms with E-state index in [4.69, 9.17) is 5.73 Å². The third-order valence-electron chi connectivity index (χ3n) is 2.37. The highest BCUT2D eigenvalue weighted by molar-refractivity contribution is 5.76. The Bertz CT molecular complexity index is 691. The largest absolute Gasteiger partial charge is 0.573 e. The molecule has 0 aliphatic heterocycles. The molecular formula is C11H7F3N4O3. The van der Waals surface area contributed by atoms with Crippen LogP contribution in [0, 0.1) is 10.1 Å². The number of aromatic nitrogens is 2. The van der Waals surface area contributed by atoms with Gasteiger partial charge in [-0.1, -0.05) is 12.1 Å². The third-order valence-corrected chi connectivity index (χ3v) is 2.37. The van der Waals surface area contributed by atoms with Gasteiger partial charge in [-0.05, 0) is 12.1 Å². The predicted octanol–water partition coefficient (Wildman–Crippen LogP) is 2.53. The van der Waals surface area contributed by atoms with Crippen molar-refractivity contribution in [3.63, 3.8) is 0 Å². The maximum atomic E-state index is 12.2. The minimum Gasteiger partial charge on any atom is -0.406 e. The summed E-state index contributed by atoms with van der Waals surface area (Å²) in [5, 5.41) is 11.0. The van der Waals surface area contributed by atoms with Gasteiger partial charge in [0.05, 0.1) is 4.92 Å². The first-order valence-electron chi connectivity index (χ1n) is 5.39. The van der Waals surface area contributed by atoms with Crippen molar-refractivity contribution in [1.29, 1.82) is 0 Å². The topological polar surface area (TPSA) is 104 Å². The predicted molar refractivity (Wildman–Crippen MR) is 65.2 cm³/mol. The van der Waals surface area contributed by atoms with Gasteiger partial charge in [0.15, 0.2) is 5.69 Å². The van der Waals surface area contributed by atoms with Gasteiger partial charge in [0.25, 0.3) is 0 Å². The molecule has 0 saturated carbocycles. The molecule has 110 valence electrons. The summed E-state index contributed by atoms with van der Waals surface area (Å²) in [6.07, 6.45) is -3.88. The molecule has 0 bridgehead atoms. The second kappa shape index (κ2) is 5.23. The van der Waals surface area contributed by atoms with Gasteiger partial charge in [0, 0.05) is 5.56 Å². The van der Waals surface area contributed by atoms with E-state index < -0.39 is 22.7 Å². The first-order valence-corrected chi connectivity index (χ1v) is 5.39. The number of ether oxygens (including phenoxy) is 1. The second-order valence-electron chi connectivity index (χ2n) is 3.79. The van der Waals surface area contributed by atoms with E-state index in [1.54, 1.807) is 0 Å². The molecule has 2 rings (SSSR count). The normalized spacial score (nSPS) is 11.2. The molecule has 0 aliphatic carbocycles. The lowest BCUT2D eigenvalue weighted by Crippen LogP contribution is -2.17. The fraction of sp³-hybridized carbons (Fsp3) is 0.0909. The molecule has 1 aromatic carbocycles. The molecule has 0 amide bonds. The third kappa shape index (κ3) is 3.35. The van der Waals surface area contributed by atoms with Crippen molar-refractivity contribution < 1.29 is 22.8 Å². The van der Waals surface area contributed by atoms with E-state index in [-0.39, 0.29) is 17.1 Å². The van der Waals surface area contributed by atoms with Crippen LogP contribution in [0.4, 0.5) is 24.7 Å². The van der Waals surface area contributed by atoms with Crippen molar-refractivity contribution in [2.45, 2.75) is 6.36 Å². The van der Waals surface area contributed by atoms with Gasteiger partial charge in [0.2, 0.25) is 5.82 Å². The molecule has 0 radical (unpaired) electrons. The Morgan fingerprint density at radius 3 is 2.62 bits per heavy atom. The summed E-state index contributed by atoms with van der Waals surface area (Å²) in [6, 6.07) is 4.63. The molecule has 0 fully saturated rings. The van der Waals surface area contributed by atoms with Crippen molar-refractivity contribution >= 4 is 11.5 Å². The minimum absolute atomic E-state index is 0.0533. The first-order chi connectivity index (χ1) is 9.78. The number of benzene rings is 1. The lowest BCUT2D eigenvalue weighted by molar-refractivity contribution is -0.383. The molecule has 0 aliphatic rings. The maximum Gasteiger partial charge on any atom is 0.573 e. The summed E-state index contributed by atoms with van der Waals surface area (Å²) in [5.74, 6) is -0.904. The Balaban J connectivity index is 2.51. The van der Waals surface area contributed by atoms with Gasteiger partial charge >= 0.3 is 12.0 Å². The van der Waals surface area contributed by atoms with Crippen LogP contribution in [0.2, 0.25) is 0 Å². The SMILES string of the molecule is Nc1ncnc(-c2cccc(OC(F)(F)F)c2)c1[N+](=O)[O-]. The number of nitrogens with two attached hydrogens (primary N) is 1. The minimum atomic E-state index is -4.87. The van der Waals surface area contributed by atoms with Crippen LogP contribution < -0.4 is 10.5 Å². The summed E-state index contributed by atoms with van der Waals surface area (Å²) in [5.41, 5.74) is 4.67. The Morgan fingerprint density at radius 2 is 2.00 bits per heavy atom. The van der Waals surface area contributed by atoms with Gasteiger partial charge < -0.3 is 10.5 Å². The Hall–Kier alpha value is -2.91. The molecule has 0 saturated heterocycles.